The van der Waals surface area contributed by atoms with Crippen LogP contribution in [0.25, 0.3) is 33.7 Å². The van der Waals surface area contributed by atoms with Gasteiger partial charge < -0.3 is 0 Å². The molecule has 0 nitrogen and oxygen atoms in total. The van der Waals surface area contributed by atoms with Crippen LogP contribution in [0.4, 0.5) is 0 Å². The van der Waals surface area contributed by atoms with Crippen LogP contribution in [-0.4, -0.2) is 0 Å². The lowest BCUT2D eigenvalue weighted by Gasteiger charge is -2.29. The Labute approximate surface area is 191 Å². The van der Waals surface area contributed by atoms with Gasteiger partial charge >= 0.3 is 0 Å². The monoisotopic (exact) mass is 414 g/mol. The summed E-state index contributed by atoms with van der Waals surface area (Å²) in [6, 6.07) is 27.1. The molecule has 0 saturated carbocycles. The third-order valence-corrected chi connectivity index (χ3v) is 8.04. The highest BCUT2D eigenvalue weighted by atomic mass is 14.4. The van der Waals surface area contributed by atoms with E-state index in [4.69, 9.17) is 0 Å². The Hall–Kier alpha value is -3.12. The van der Waals surface area contributed by atoms with E-state index in [9.17, 15) is 0 Å². The molecule has 158 valence electrons. The highest BCUT2D eigenvalue weighted by Crippen LogP contribution is 2.50. The molecule has 0 bridgehead atoms. The van der Waals surface area contributed by atoms with Crippen molar-refractivity contribution < 1.29 is 0 Å². The first-order chi connectivity index (χ1) is 15.7. The Morgan fingerprint density at radius 3 is 1.88 bits per heavy atom. The number of benzene rings is 4. The molecular weight excluding hydrogens is 384 g/mol. The molecule has 2 aliphatic rings. The Kier molecular flexibility index (Phi) is 4.57. The second kappa shape index (κ2) is 7.48. The lowest BCUT2D eigenvalue weighted by Crippen LogP contribution is -2.16. The van der Waals surface area contributed by atoms with Gasteiger partial charge in [0.05, 0.1) is 0 Å². The van der Waals surface area contributed by atoms with Crippen molar-refractivity contribution in [2.24, 2.45) is 5.92 Å². The standard InChI is InChI=1S/C32H30/c1-4-22(32-21(3)18-31-26-12-8-6-10-24(26)14-16-28(31)32)19-29-20(2)17-30-25-11-7-5-9-23(25)13-15-27(29)30/h5-18,22,29,32H,4,19H2,1-3H3. The van der Waals surface area contributed by atoms with Crippen LogP contribution in [0, 0.1) is 5.92 Å². The molecular formula is C32H30. The molecule has 2 aliphatic carbocycles. The topological polar surface area (TPSA) is 0 Å². The molecule has 0 aromatic heterocycles. The van der Waals surface area contributed by atoms with E-state index >= 15 is 0 Å². The minimum Gasteiger partial charge on any atom is -0.0652 e. The van der Waals surface area contributed by atoms with E-state index in [0.717, 1.165) is 0 Å². The summed E-state index contributed by atoms with van der Waals surface area (Å²) < 4.78 is 0. The second-order valence-electron chi connectivity index (χ2n) is 9.79. The van der Waals surface area contributed by atoms with Crippen molar-refractivity contribution in [2.45, 2.75) is 45.4 Å². The van der Waals surface area contributed by atoms with E-state index in [1.54, 1.807) is 0 Å². The summed E-state index contributed by atoms with van der Waals surface area (Å²) in [7, 11) is 0. The predicted molar refractivity (Wildman–Crippen MR) is 139 cm³/mol. The van der Waals surface area contributed by atoms with E-state index in [1.807, 2.05) is 0 Å². The lowest BCUT2D eigenvalue weighted by atomic mass is 9.75. The first kappa shape index (κ1) is 19.6. The molecule has 3 atom stereocenters. The molecule has 32 heavy (non-hydrogen) atoms. The molecule has 0 heteroatoms. The maximum Gasteiger partial charge on any atom is 0.00834 e. The second-order valence-corrected chi connectivity index (χ2v) is 9.79. The molecule has 0 saturated heterocycles. The number of fused-ring (bicyclic) bond motifs is 6. The quantitative estimate of drug-likeness (QED) is 0.312. The number of hydrogen-bond donors (Lipinski definition) is 0. The van der Waals surface area contributed by atoms with Gasteiger partial charge in [-0.2, -0.15) is 0 Å². The van der Waals surface area contributed by atoms with Crippen LogP contribution < -0.4 is 0 Å². The summed E-state index contributed by atoms with van der Waals surface area (Å²) in [6.45, 7) is 7.07. The van der Waals surface area contributed by atoms with E-state index in [0.29, 0.717) is 17.8 Å². The number of allylic oxidation sites excluding steroid dienone is 2. The molecule has 6 rings (SSSR count). The van der Waals surface area contributed by atoms with Crippen molar-refractivity contribution in [1.82, 2.24) is 0 Å². The fourth-order valence-corrected chi connectivity index (χ4v) is 6.44. The summed E-state index contributed by atoms with van der Waals surface area (Å²) in [4.78, 5) is 0. The fourth-order valence-electron chi connectivity index (χ4n) is 6.44. The van der Waals surface area contributed by atoms with Crippen molar-refractivity contribution in [3.8, 4) is 0 Å². The van der Waals surface area contributed by atoms with Crippen molar-refractivity contribution in [3.63, 3.8) is 0 Å². The smallest absolute Gasteiger partial charge is 0.00834 e. The van der Waals surface area contributed by atoms with Gasteiger partial charge in [-0.25, -0.2) is 0 Å². The highest BCUT2D eigenvalue weighted by Gasteiger charge is 2.34. The summed E-state index contributed by atoms with van der Waals surface area (Å²) in [5, 5.41) is 5.49. The summed E-state index contributed by atoms with van der Waals surface area (Å²) >= 11 is 0. The molecule has 0 radical (unpaired) electrons. The van der Waals surface area contributed by atoms with Crippen LogP contribution >= 0.6 is 0 Å². The third kappa shape index (κ3) is 2.89. The molecule has 4 aromatic rings. The molecule has 3 unspecified atom stereocenters. The first-order valence-corrected chi connectivity index (χ1v) is 12.1. The van der Waals surface area contributed by atoms with Crippen LogP contribution in [-0.2, 0) is 0 Å². The van der Waals surface area contributed by atoms with E-state index < -0.39 is 0 Å². The van der Waals surface area contributed by atoms with Gasteiger partial charge in [-0.05, 0) is 70.0 Å². The predicted octanol–water partition coefficient (Wildman–Crippen LogP) is 9.11. The minimum atomic E-state index is 0.525. The summed E-state index contributed by atoms with van der Waals surface area (Å²) in [6.07, 6.45) is 7.33. The van der Waals surface area contributed by atoms with Crippen molar-refractivity contribution in [2.75, 3.05) is 0 Å². The van der Waals surface area contributed by atoms with Crippen LogP contribution in [0.5, 0.6) is 0 Å². The highest BCUT2D eigenvalue weighted by molar-refractivity contribution is 5.95. The first-order valence-electron chi connectivity index (χ1n) is 12.1. The van der Waals surface area contributed by atoms with Crippen LogP contribution in [0.2, 0.25) is 0 Å². The lowest BCUT2D eigenvalue weighted by molar-refractivity contribution is 0.400. The molecule has 4 aromatic carbocycles. The Bertz CT molecular complexity index is 1410. The Morgan fingerprint density at radius 2 is 1.22 bits per heavy atom. The van der Waals surface area contributed by atoms with Gasteiger partial charge in [0.15, 0.2) is 0 Å². The van der Waals surface area contributed by atoms with Crippen LogP contribution in [0.1, 0.15) is 67.7 Å². The molecule has 0 amide bonds. The normalized spacial score (nSPS) is 20.2. The molecule has 0 fully saturated rings. The third-order valence-electron chi connectivity index (χ3n) is 8.04. The minimum absolute atomic E-state index is 0.525. The average Bonchev–Trinajstić information content (AvgIpc) is 3.33. The zero-order valence-electron chi connectivity index (χ0n) is 19.2. The van der Waals surface area contributed by atoms with Gasteiger partial charge in [0.1, 0.15) is 0 Å². The van der Waals surface area contributed by atoms with E-state index in [-0.39, 0.29) is 0 Å². The van der Waals surface area contributed by atoms with E-state index in [1.165, 1.54) is 67.8 Å². The molecule has 0 heterocycles. The van der Waals surface area contributed by atoms with Gasteiger partial charge in [0.2, 0.25) is 0 Å². The van der Waals surface area contributed by atoms with Gasteiger partial charge in [0, 0.05) is 11.8 Å². The number of rotatable bonds is 4. The van der Waals surface area contributed by atoms with Crippen molar-refractivity contribution >= 4 is 33.7 Å². The Balaban J connectivity index is 1.38. The summed E-state index contributed by atoms with van der Waals surface area (Å²) in [5.41, 5.74) is 9.01. The van der Waals surface area contributed by atoms with Gasteiger partial charge in [-0.3, -0.25) is 0 Å². The van der Waals surface area contributed by atoms with Crippen LogP contribution in [0.15, 0.2) is 83.9 Å². The zero-order valence-corrected chi connectivity index (χ0v) is 19.2. The molecule has 0 spiro atoms. The largest absolute Gasteiger partial charge is 0.0652 e. The van der Waals surface area contributed by atoms with Gasteiger partial charge in [0.25, 0.3) is 0 Å². The van der Waals surface area contributed by atoms with Crippen molar-refractivity contribution in [3.05, 3.63) is 106 Å². The maximum absolute atomic E-state index is 2.46. The van der Waals surface area contributed by atoms with Crippen LogP contribution in [0.3, 0.4) is 0 Å². The maximum atomic E-state index is 2.46. The average molecular weight is 415 g/mol. The van der Waals surface area contributed by atoms with E-state index in [2.05, 4.69) is 106 Å². The fraction of sp³-hybridized carbons (Fsp3) is 0.250. The van der Waals surface area contributed by atoms with Gasteiger partial charge in [-0.15, -0.1) is 0 Å². The summed E-state index contributed by atoms with van der Waals surface area (Å²) in [5.74, 6) is 1.69. The van der Waals surface area contributed by atoms with Crippen molar-refractivity contribution in [1.29, 1.82) is 0 Å². The Morgan fingerprint density at radius 1 is 0.656 bits per heavy atom. The SMILES string of the molecule is CCC(CC1C(C)=Cc2c1ccc1ccccc21)C1C(C)=Cc2c1ccc1ccccc21. The molecule has 0 aliphatic heterocycles. The number of hydrogen-bond acceptors (Lipinski definition) is 0. The zero-order chi connectivity index (χ0) is 21.8. The van der Waals surface area contributed by atoms with Gasteiger partial charge in [-0.1, -0.05) is 109 Å². The molecule has 0 N–H and O–H groups in total.